The minimum absolute atomic E-state index is 0.0629. The van der Waals surface area contributed by atoms with Crippen molar-refractivity contribution in [2.75, 3.05) is 32.7 Å². The molecule has 0 atom stereocenters. The van der Waals surface area contributed by atoms with Crippen LogP contribution < -0.4 is 4.72 Å². The van der Waals surface area contributed by atoms with Crippen molar-refractivity contribution in [3.63, 3.8) is 0 Å². The Labute approximate surface area is 154 Å². The molecule has 2 aliphatic heterocycles. The average Bonchev–Trinajstić information content (AvgIpc) is 3.33. The van der Waals surface area contributed by atoms with E-state index in [1.54, 1.807) is 4.90 Å². The maximum atomic E-state index is 12.5. The van der Waals surface area contributed by atoms with Crippen molar-refractivity contribution in [2.24, 2.45) is 0 Å². The first-order valence-corrected chi connectivity index (χ1v) is 11.6. The molecule has 26 heavy (non-hydrogen) atoms. The zero-order valence-corrected chi connectivity index (χ0v) is 16.1. The van der Waals surface area contributed by atoms with Crippen LogP contribution in [-0.2, 0) is 24.8 Å². The van der Waals surface area contributed by atoms with Crippen molar-refractivity contribution in [1.82, 2.24) is 13.9 Å². The Morgan fingerprint density at radius 3 is 1.92 bits per heavy atom. The minimum atomic E-state index is -3.87. The van der Waals surface area contributed by atoms with E-state index < -0.39 is 20.0 Å². The Morgan fingerprint density at radius 1 is 0.846 bits per heavy atom. The average molecular weight is 402 g/mol. The Balaban J connectivity index is 1.67. The number of amides is 1. The number of nitrogens with one attached hydrogen (secondary N) is 1. The zero-order chi connectivity index (χ0) is 18.8. The Bertz CT molecular complexity index is 854. The van der Waals surface area contributed by atoms with Crippen LogP contribution in [0.15, 0.2) is 34.1 Å². The number of hydrogen-bond donors (Lipinski definition) is 1. The van der Waals surface area contributed by atoms with Crippen LogP contribution in [-0.4, -0.2) is 64.7 Å². The third-order valence-electron chi connectivity index (χ3n) is 4.71. The summed E-state index contributed by atoms with van der Waals surface area (Å²) in [5.41, 5.74) is 0. The number of likely N-dealkylation sites (tertiary alicyclic amines) is 1. The molecule has 1 aromatic carbocycles. The highest BCUT2D eigenvalue weighted by Crippen LogP contribution is 2.22. The van der Waals surface area contributed by atoms with Crippen LogP contribution in [0, 0.1) is 0 Å². The van der Waals surface area contributed by atoms with Gasteiger partial charge in [-0.2, -0.15) is 4.31 Å². The molecule has 0 unspecified atom stereocenters. The van der Waals surface area contributed by atoms with Gasteiger partial charge in [0.15, 0.2) is 0 Å². The molecule has 1 amide bonds. The van der Waals surface area contributed by atoms with Crippen LogP contribution in [0.4, 0.5) is 0 Å². The van der Waals surface area contributed by atoms with Crippen molar-refractivity contribution in [1.29, 1.82) is 0 Å². The highest BCUT2D eigenvalue weighted by Gasteiger charge is 2.28. The number of nitrogens with zero attached hydrogens (tertiary/aromatic N) is 2. The summed E-state index contributed by atoms with van der Waals surface area (Å²) in [4.78, 5) is 13.6. The van der Waals surface area contributed by atoms with Crippen LogP contribution in [0.25, 0.3) is 0 Å². The topological polar surface area (TPSA) is 104 Å². The standard InChI is InChI=1S/C16H23N3O5S2/c20-16(18-9-1-2-10-18)13-17-25(21,22)14-5-7-15(8-6-14)26(23,24)19-11-3-4-12-19/h5-8,17H,1-4,9-13H2. The number of carbonyl (C=O) groups is 1. The number of benzene rings is 1. The smallest absolute Gasteiger partial charge is 0.243 e. The lowest BCUT2D eigenvalue weighted by Crippen LogP contribution is -2.38. The molecule has 2 fully saturated rings. The molecule has 0 aromatic heterocycles. The van der Waals surface area contributed by atoms with E-state index in [0.29, 0.717) is 26.2 Å². The lowest BCUT2D eigenvalue weighted by Gasteiger charge is -2.16. The van der Waals surface area contributed by atoms with E-state index in [2.05, 4.69) is 4.72 Å². The van der Waals surface area contributed by atoms with Gasteiger partial charge in [-0.1, -0.05) is 0 Å². The summed E-state index contributed by atoms with van der Waals surface area (Å²) in [5, 5.41) is 0. The lowest BCUT2D eigenvalue weighted by atomic mass is 10.4. The van der Waals surface area contributed by atoms with Gasteiger partial charge in [-0.25, -0.2) is 21.6 Å². The summed E-state index contributed by atoms with van der Waals surface area (Å²) in [6, 6.07) is 5.10. The van der Waals surface area contributed by atoms with Crippen LogP contribution in [0.1, 0.15) is 25.7 Å². The van der Waals surface area contributed by atoms with Crippen LogP contribution in [0.2, 0.25) is 0 Å². The number of sulfonamides is 2. The molecular weight excluding hydrogens is 378 g/mol. The quantitative estimate of drug-likeness (QED) is 0.742. The summed E-state index contributed by atoms with van der Waals surface area (Å²) >= 11 is 0. The summed E-state index contributed by atoms with van der Waals surface area (Å²) in [6.07, 6.45) is 3.54. The highest BCUT2D eigenvalue weighted by atomic mass is 32.2. The third-order valence-corrected chi connectivity index (χ3v) is 8.04. The first-order valence-electron chi connectivity index (χ1n) is 8.68. The number of rotatable bonds is 6. The molecule has 2 aliphatic rings. The van der Waals surface area contributed by atoms with E-state index >= 15 is 0 Å². The van der Waals surface area contributed by atoms with Gasteiger partial charge in [-0.3, -0.25) is 4.79 Å². The maximum absolute atomic E-state index is 12.5. The molecule has 1 aromatic rings. The van der Waals surface area contributed by atoms with Crippen molar-refractivity contribution >= 4 is 26.0 Å². The predicted octanol–water partition coefficient (Wildman–Crippen LogP) is 0.372. The second-order valence-corrected chi connectivity index (χ2v) is 10.2. The Kier molecular flexibility index (Phi) is 5.66. The SMILES string of the molecule is O=C(CNS(=O)(=O)c1ccc(S(=O)(=O)N2CCCC2)cc1)N1CCCC1. The molecule has 3 rings (SSSR count). The van der Waals surface area contributed by atoms with E-state index in [4.69, 9.17) is 0 Å². The molecule has 0 saturated carbocycles. The van der Waals surface area contributed by atoms with Crippen LogP contribution >= 0.6 is 0 Å². The molecule has 0 aliphatic carbocycles. The van der Waals surface area contributed by atoms with Crippen molar-refractivity contribution in [3.8, 4) is 0 Å². The maximum Gasteiger partial charge on any atom is 0.243 e. The van der Waals surface area contributed by atoms with Gasteiger partial charge in [0.2, 0.25) is 26.0 Å². The minimum Gasteiger partial charge on any atom is -0.342 e. The second kappa shape index (κ2) is 7.63. The second-order valence-electron chi connectivity index (χ2n) is 6.50. The number of hydrogen-bond acceptors (Lipinski definition) is 5. The highest BCUT2D eigenvalue weighted by molar-refractivity contribution is 7.89. The molecule has 144 valence electrons. The fourth-order valence-electron chi connectivity index (χ4n) is 3.19. The van der Waals surface area contributed by atoms with Gasteiger partial charge in [-0.05, 0) is 49.9 Å². The molecule has 1 N–H and O–H groups in total. The molecule has 0 spiro atoms. The van der Waals surface area contributed by atoms with Crippen molar-refractivity contribution in [3.05, 3.63) is 24.3 Å². The fraction of sp³-hybridized carbons (Fsp3) is 0.562. The summed E-state index contributed by atoms with van der Waals surface area (Å²) in [5.74, 6) is -0.251. The van der Waals surface area contributed by atoms with Gasteiger partial charge in [0.1, 0.15) is 0 Å². The molecule has 2 saturated heterocycles. The summed E-state index contributed by atoms with van der Waals surface area (Å²) in [7, 11) is -7.45. The molecule has 8 nitrogen and oxygen atoms in total. The first-order chi connectivity index (χ1) is 12.3. The van der Waals surface area contributed by atoms with Gasteiger partial charge in [-0.15, -0.1) is 0 Å². The van der Waals surface area contributed by atoms with Gasteiger partial charge < -0.3 is 4.90 Å². The van der Waals surface area contributed by atoms with Gasteiger partial charge in [0.25, 0.3) is 0 Å². The van der Waals surface area contributed by atoms with E-state index in [1.165, 1.54) is 28.6 Å². The predicted molar refractivity (Wildman–Crippen MR) is 95.4 cm³/mol. The van der Waals surface area contributed by atoms with E-state index in [0.717, 1.165) is 25.7 Å². The van der Waals surface area contributed by atoms with E-state index in [-0.39, 0.29) is 22.2 Å². The number of carbonyl (C=O) groups excluding carboxylic acids is 1. The van der Waals surface area contributed by atoms with E-state index in [9.17, 15) is 21.6 Å². The fourth-order valence-corrected chi connectivity index (χ4v) is 5.68. The van der Waals surface area contributed by atoms with E-state index in [1.807, 2.05) is 0 Å². The van der Waals surface area contributed by atoms with Crippen molar-refractivity contribution in [2.45, 2.75) is 35.5 Å². The van der Waals surface area contributed by atoms with Gasteiger partial charge in [0.05, 0.1) is 16.3 Å². The molecule has 0 radical (unpaired) electrons. The van der Waals surface area contributed by atoms with Gasteiger partial charge in [0, 0.05) is 26.2 Å². The monoisotopic (exact) mass is 401 g/mol. The first kappa shape index (κ1) is 19.3. The normalized spacial score (nSPS) is 19.2. The molecule has 0 bridgehead atoms. The molecule has 2 heterocycles. The van der Waals surface area contributed by atoms with Crippen LogP contribution in [0.5, 0.6) is 0 Å². The largest absolute Gasteiger partial charge is 0.342 e. The molecular formula is C16H23N3O5S2. The lowest BCUT2D eigenvalue weighted by molar-refractivity contribution is -0.128. The summed E-state index contributed by atoms with van der Waals surface area (Å²) in [6.45, 7) is 1.99. The summed E-state index contributed by atoms with van der Waals surface area (Å²) < 4.78 is 53.3. The third kappa shape index (κ3) is 4.08. The van der Waals surface area contributed by atoms with Crippen LogP contribution in [0.3, 0.4) is 0 Å². The molecule has 10 heteroatoms. The zero-order valence-electron chi connectivity index (χ0n) is 14.4. The Morgan fingerprint density at radius 2 is 1.35 bits per heavy atom. The Hall–Kier alpha value is -1.49. The van der Waals surface area contributed by atoms with Gasteiger partial charge >= 0.3 is 0 Å². The van der Waals surface area contributed by atoms with Crippen molar-refractivity contribution < 1.29 is 21.6 Å².